The van der Waals surface area contributed by atoms with Gasteiger partial charge in [0.05, 0.1) is 10.6 Å². The van der Waals surface area contributed by atoms with E-state index in [2.05, 4.69) is 25.6 Å². The summed E-state index contributed by atoms with van der Waals surface area (Å²) in [5.41, 5.74) is -1.30. The normalized spacial score (nSPS) is 11.4. The fourth-order valence-electron chi connectivity index (χ4n) is 2.89. The van der Waals surface area contributed by atoms with Crippen molar-refractivity contribution in [1.82, 2.24) is 15.0 Å². The molecule has 170 valence electrons. The Bertz CT molecular complexity index is 1420. The molecule has 2 aromatic carbocycles. The Balaban J connectivity index is 1.47. The molecule has 0 spiro atoms. The van der Waals surface area contributed by atoms with Crippen LogP contribution in [0.4, 0.5) is 33.7 Å². The average molecular weight is 482 g/mol. The van der Waals surface area contributed by atoms with Crippen molar-refractivity contribution >= 4 is 40.2 Å². The maximum Gasteiger partial charge on any atom is 0.417 e. The first-order chi connectivity index (χ1) is 15.6. The number of alkyl halides is 3. The van der Waals surface area contributed by atoms with Crippen molar-refractivity contribution in [2.24, 2.45) is 0 Å². The summed E-state index contributed by atoms with van der Waals surface area (Å²) in [5.74, 6) is -0.913. The van der Waals surface area contributed by atoms with E-state index >= 15 is 0 Å². The van der Waals surface area contributed by atoms with Crippen LogP contribution in [0, 0.1) is 5.82 Å². The van der Waals surface area contributed by atoms with E-state index in [9.17, 15) is 27.2 Å². The fraction of sp³-hybridized carbons (Fsp3) is 0.0500. The third-order valence-electron chi connectivity index (χ3n) is 4.32. The minimum atomic E-state index is -4.70. The molecule has 4 rings (SSSR count). The first-order valence-corrected chi connectivity index (χ1v) is 9.47. The number of imidazole rings is 1. The molecular weight excluding hydrogens is 470 g/mol. The highest BCUT2D eigenvalue weighted by Gasteiger charge is 2.33. The van der Waals surface area contributed by atoms with Crippen molar-refractivity contribution in [2.75, 3.05) is 10.6 Å². The first-order valence-electron chi connectivity index (χ1n) is 9.09. The van der Waals surface area contributed by atoms with Crippen molar-refractivity contribution in [3.8, 4) is 11.5 Å². The molecule has 0 atom stereocenters. The number of hydrogen-bond acceptors (Lipinski definition) is 4. The number of aromatic nitrogens is 3. The van der Waals surface area contributed by atoms with Crippen molar-refractivity contribution in [2.45, 2.75) is 6.18 Å². The van der Waals surface area contributed by atoms with Crippen molar-refractivity contribution in [3.05, 3.63) is 75.5 Å². The average Bonchev–Trinajstić information content (AvgIpc) is 3.12. The molecule has 8 nitrogen and oxygen atoms in total. The molecule has 2 aromatic heterocycles. The van der Waals surface area contributed by atoms with Gasteiger partial charge in [-0.25, -0.2) is 19.0 Å². The van der Waals surface area contributed by atoms with Crippen LogP contribution in [-0.2, 0) is 6.18 Å². The van der Waals surface area contributed by atoms with Crippen LogP contribution in [0.1, 0.15) is 5.56 Å². The summed E-state index contributed by atoms with van der Waals surface area (Å²) in [5, 5.41) is 4.01. The van der Waals surface area contributed by atoms with E-state index in [0.29, 0.717) is 6.07 Å². The van der Waals surface area contributed by atoms with Gasteiger partial charge in [0.1, 0.15) is 5.52 Å². The van der Waals surface area contributed by atoms with Crippen LogP contribution in [-0.4, -0.2) is 21.0 Å². The maximum absolute atomic E-state index is 14.5. The number of carbonyl (C=O) groups excluding carboxylic acids is 1. The molecule has 2 amide bonds. The minimum Gasteiger partial charge on any atom is -0.452 e. The van der Waals surface area contributed by atoms with Crippen molar-refractivity contribution in [3.63, 3.8) is 0 Å². The van der Waals surface area contributed by atoms with Gasteiger partial charge in [0, 0.05) is 29.7 Å². The van der Waals surface area contributed by atoms with Crippen LogP contribution in [0.2, 0.25) is 5.02 Å². The smallest absolute Gasteiger partial charge is 0.417 e. The molecule has 0 aliphatic carbocycles. The highest BCUT2D eigenvalue weighted by molar-refractivity contribution is 6.31. The molecule has 0 saturated heterocycles. The van der Waals surface area contributed by atoms with E-state index in [1.54, 1.807) is 0 Å². The Morgan fingerprint density at radius 1 is 1.00 bits per heavy atom. The summed E-state index contributed by atoms with van der Waals surface area (Å²) in [7, 11) is 0. The van der Waals surface area contributed by atoms with Gasteiger partial charge in [-0.05, 0) is 30.3 Å². The summed E-state index contributed by atoms with van der Waals surface area (Å²) < 4.78 is 58.9. The van der Waals surface area contributed by atoms with Crippen LogP contribution in [0.15, 0.2) is 53.5 Å². The van der Waals surface area contributed by atoms with Crippen LogP contribution < -0.4 is 21.1 Å². The predicted molar refractivity (Wildman–Crippen MR) is 112 cm³/mol. The van der Waals surface area contributed by atoms with Gasteiger partial charge < -0.3 is 20.4 Å². The highest BCUT2D eigenvalue weighted by Crippen LogP contribution is 2.36. The third kappa shape index (κ3) is 4.90. The van der Waals surface area contributed by atoms with Gasteiger partial charge in [0.2, 0.25) is 0 Å². The van der Waals surface area contributed by atoms with E-state index < -0.39 is 34.3 Å². The second-order valence-electron chi connectivity index (χ2n) is 6.63. The number of nitrogens with one attached hydrogen (secondary N) is 4. The molecule has 13 heteroatoms. The van der Waals surface area contributed by atoms with Gasteiger partial charge in [-0.2, -0.15) is 13.2 Å². The van der Waals surface area contributed by atoms with Gasteiger partial charge in [-0.3, -0.25) is 4.98 Å². The van der Waals surface area contributed by atoms with E-state index in [1.807, 2.05) is 0 Å². The lowest BCUT2D eigenvalue weighted by Gasteiger charge is -2.13. The number of amides is 2. The number of urea groups is 1. The Labute approximate surface area is 186 Å². The molecule has 0 unspecified atom stereocenters. The number of hydrogen-bond donors (Lipinski definition) is 4. The number of pyridine rings is 1. The topological polar surface area (TPSA) is 112 Å². The number of nitrogens with zero attached hydrogens (tertiary/aromatic N) is 1. The van der Waals surface area contributed by atoms with E-state index in [0.717, 1.165) is 12.1 Å². The van der Waals surface area contributed by atoms with Gasteiger partial charge in [-0.1, -0.05) is 11.6 Å². The quantitative estimate of drug-likeness (QED) is 0.288. The Morgan fingerprint density at radius 2 is 1.70 bits per heavy atom. The number of carbonyl (C=O) groups is 1. The largest absolute Gasteiger partial charge is 0.452 e. The molecule has 4 N–H and O–H groups in total. The summed E-state index contributed by atoms with van der Waals surface area (Å²) in [4.78, 5) is 32.4. The Morgan fingerprint density at radius 3 is 2.39 bits per heavy atom. The van der Waals surface area contributed by atoms with E-state index in [-0.39, 0.29) is 34.0 Å². The number of rotatable bonds is 4. The lowest BCUT2D eigenvalue weighted by Crippen LogP contribution is -2.20. The summed E-state index contributed by atoms with van der Waals surface area (Å²) >= 11 is 5.55. The summed E-state index contributed by atoms with van der Waals surface area (Å²) in [6, 6.07) is 6.89. The number of fused-ring (bicyclic) bond motifs is 1. The number of halogens is 5. The lowest BCUT2D eigenvalue weighted by atomic mass is 10.2. The van der Waals surface area contributed by atoms with Crippen LogP contribution in [0.5, 0.6) is 11.5 Å². The number of aromatic amines is 2. The lowest BCUT2D eigenvalue weighted by molar-refractivity contribution is -0.137. The zero-order valence-electron chi connectivity index (χ0n) is 16.2. The molecule has 33 heavy (non-hydrogen) atoms. The molecular formula is C20H12ClF4N5O3. The minimum absolute atomic E-state index is 0.0114. The molecule has 0 aliphatic heterocycles. The maximum atomic E-state index is 14.5. The monoisotopic (exact) mass is 481 g/mol. The standard InChI is InChI=1S/C20H12ClF4N5O3/c21-12-3-1-9(7-11(12)20(23,24)25)27-18(31)28-10-2-4-14(13(22)8-10)33-15-5-6-26-17-16(15)29-19(32)30-17/h1-8H,(H2,27,28,31)(H2,26,29,30,32). The molecule has 4 aromatic rings. The van der Waals surface area contributed by atoms with Crippen LogP contribution >= 0.6 is 11.6 Å². The van der Waals surface area contributed by atoms with Gasteiger partial charge in [0.15, 0.2) is 23.0 Å². The van der Waals surface area contributed by atoms with E-state index in [1.165, 1.54) is 30.5 Å². The van der Waals surface area contributed by atoms with E-state index in [4.69, 9.17) is 16.3 Å². The number of anilines is 2. The van der Waals surface area contributed by atoms with Gasteiger partial charge in [-0.15, -0.1) is 0 Å². The second kappa shape index (κ2) is 8.47. The molecule has 0 radical (unpaired) electrons. The van der Waals surface area contributed by atoms with Gasteiger partial charge >= 0.3 is 17.9 Å². The fourth-order valence-corrected chi connectivity index (χ4v) is 3.12. The molecule has 0 fully saturated rings. The number of ether oxygens (including phenoxy) is 1. The zero-order valence-corrected chi connectivity index (χ0v) is 16.9. The SMILES string of the molecule is O=C(Nc1ccc(Oc2ccnc3[nH]c(=O)[nH]c23)c(F)c1)Nc1ccc(Cl)c(C(F)(F)F)c1. The first kappa shape index (κ1) is 22.1. The van der Waals surface area contributed by atoms with Crippen molar-refractivity contribution < 1.29 is 27.1 Å². The molecule has 2 heterocycles. The number of benzene rings is 2. The van der Waals surface area contributed by atoms with Crippen molar-refractivity contribution in [1.29, 1.82) is 0 Å². The Hall–Kier alpha value is -4.06. The zero-order chi connectivity index (χ0) is 23.8. The third-order valence-corrected chi connectivity index (χ3v) is 4.65. The molecule has 0 bridgehead atoms. The highest BCUT2D eigenvalue weighted by atomic mass is 35.5. The summed E-state index contributed by atoms with van der Waals surface area (Å²) in [6.45, 7) is 0. The van der Waals surface area contributed by atoms with Crippen LogP contribution in [0.3, 0.4) is 0 Å². The summed E-state index contributed by atoms with van der Waals surface area (Å²) in [6.07, 6.45) is -3.33. The predicted octanol–water partition coefficient (Wildman–Crippen LogP) is 5.50. The Kier molecular flexibility index (Phi) is 5.68. The van der Waals surface area contributed by atoms with Gasteiger partial charge in [0.25, 0.3) is 0 Å². The molecule has 0 aliphatic rings. The number of H-pyrrole nitrogens is 2. The van der Waals surface area contributed by atoms with Crippen LogP contribution in [0.25, 0.3) is 11.2 Å². The molecule has 0 saturated carbocycles. The second-order valence-corrected chi connectivity index (χ2v) is 7.04.